The highest BCUT2D eigenvalue weighted by molar-refractivity contribution is 9.10. The smallest absolute Gasteiger partial charge is 0.254 e. The zero-order valence-corrected chi connectivity index (χ0v) is 13.4. The molecular weight excluding hydrogens is 330 g/mol. The van der Waals surface area contributed by atoms with Crippen LogP contribution in [0.2, 0.25) is 5.15 Å². The van der Waals surface area contributed by atoms with Crippen molar-refractivity contribution in [2.24, 2.45) is 0 Å². The normalized spacial score (nSPS) is 17.1. The fourth-order valence-electron chi connectivity index (χ4n) is 2.29. The SMILES string of the molecule is CN(C)C1(CNC(=O)c2cc(Br)cnc2Cl)CCC1. The Labute approximate surface area is 126 Å². The average molecular weight is 347 g/mol. The Hall–Kier alpha value is -0.650. The van der Waals surface area contributed by atoms with E-state index in [0.29, 0.717) is 12.1 Å². The van der Waals surface area contributed by atoms with Gasteiger partial charge >= 0.3 is 0 Å². The lowest BCUT2D eigenvalue weighted by Gasteiger charge is -2.47. The van der Waals surface area contributed by atoms with Crippen molar-refractivity contribution in [3.63, 3.8) is 0 Å². The van der Waals surface area contributed by atoms with Crippen LogP contribution in [0.15, 0.2) is 16.7 Å². The molecule has 1 aromatic rings. The summed E-state index contributed by atoms with van der Waals surface area (Å²) >= 11 is 9.24. The molecule has 0 unspecified atom stereocenters. The number of halogens is 2. The van der Waals surface area contributed by atoms with Crippen LogP contribution >= 0.6 is 27.5 Å². The molecule has 0 spiro atoms. The van der Waals surface area contributed by atoms with Gasteiger partial charge < -0.3 is 10.2 Å². The molecule has 0 atom stereocenters. The maximum Gasteiger partial charge on any atom is 0.254 e. The third-order valence-electron chi connectivity index (χ3n) is 3.86. The van der Waals surface area contributed by atoms with Crippen LogP contribution in [0.3, 0.4) is 0 Å². The largest absolute Gasteiger partial charge is 0.350 e. The van der Waals surface area contributed by atoms with Gasteiger partial charge in [-0.2, -0.15) is 0 Å². The van der Waals surface area contributed by atoms with Crippen molar-refractivity contribution in [2.45, 2.75) is 24.8 Å². The second-order valence-corrected chi connectivity index (χ2v) is 6.42. The van der Waals surface area contributed by atoms with Crippen molar-refractivity contribution < 1.29 is 4.79 Å². The molecule has 1 amide bonds. The van der Waals surface area contributed by atoms with E-state index >= 15 is 0 Å². The van der Waals surface area contributed by atoms with Crippen LogP contribution in [-0.4, -0.2) is 42.0 Å². The summed E-state index contributed by atoms with van der Waals surface area (Å²) in [6, 6.07) is 1.69. The number of nitrogens with one attached hydrogen (secondary N) is 1. The first kappa shape index (κ1) is 14.8. The van der Waals surface area contributed by atoms with Gasteiger partial charge in [-0.05, 0) is 55.4 Å². The third kappa shape index (κ3) is 3.09. The van der Waals surface area contributed by atoms with E-state index in [1.807, 2.05) is 0 Å². The topological polar surface area (TPSA) is 45.2 Å². The van der Waals surface area contributed by atoms with Crippen molar-refractivity contribution in [1.82, 2.24) is 15.2 Å². The summed E-state index contributed by atoms with van der Waals surface area (Å²) in [7, 11) is 4.11. The molecule has 19 heavy (non-hydrogen) atoms. The van der Waals surface area contributed by atoms with E-state index in [9.17, 15) is 4.79 Å². The van der Waals surface area contributed by atoms with Crippen LogP contribution in [0.1, 0.15) is 29.6 Å². The number of hydrogen-bond donors (Lipinski definition) is 1. The molecule has 2 rings (SSSR count). The van der Waals surface area contributed by atoms with E-state index in [2.05, 4.69) is 45.2 Å². The Balaban J connectivity index is 2.03. The van der Waals surface area contributed by atoms with Gasteiger partial charge in [0.05, 0.1) is 5.56 Å². The number of hydrogen-bond acceptors (Lipinski definition) is 3. The highest BCUT2D eigenvalue weighted by Crippen LogP contribution is 2.35. The van der Waals surface area contributed by atoms with E-state index in [0.717, 1.165) is 17.3 Å². The molecule has 1 aliphatic carbocycles. The lowest BCUT2D eigenvalue weighted by Crippen LogP contribution is -2.57. The number of rotatable bonds is 4. The predicted molar refractivity (Wildman–Crippen MR) is 79.5 cm³/mol. The van der Waals surface area contributed by atoms with Gasteiger partial charge in [-0.25, -0.2) is 4.98 Å². The fourth-order valence-corrected chi connectivity index (χ4v) is 2.81. The summed E-state index contributed by atoms with van der Waals surface area (Å²) in [6.07, 6.45) is 5.02. The molecule has 0 bridgehead atoms. The molecule has 0 aromatic carbocycles. The van der Waals surface area contributed by atoms with Gasteiger partial charge in [-0.1, -0.05) is 11.6 Å². The Morgan fingerprint density at radius 2 is 2.26 bits per heavy atom. The van der Waals surface area contributed by atoms with Gasteiger partial charge in [-0.15, -0.1) is 0 Å². The molecule has 0 saturated heterocycles. The van der Waals surface area contributed by atoms with Gasteiger partial charge in [-0.3, -0.25) is 4.79 Å². The standard InChI is InChI=1S/C13H17BrClN3O/c1-18(2)13(4-3-5-13)8-17-12(19)10-6-9(14)7-16-11(10)15/h6-7H,3-5,8H2,1-2H3,(H,17,19). The van der Waals surface area contributed by atoms with E-state index < -0.39 is 0 Å². The first-order valence-corrected chi connectivity index (χ1v) is 7.38. The number of amides is 1. The second kappa shape index (κ2) is 5.77. The van der Waals surface area contributed by atoms with Crippen molar-refractivity contribution in [2.75, 3.05) is 20.6 Å². The molecule has 0 radical (unpaired) electrons. The quantitative estimate of drug-likeness (QED) is 0.853. The lowest BCUT2D eigenvalue weighted by molar-refractivity contribution is 0.0557. The number of carbonyl (C=O) groups is 1. The molecule has 104 valence electrons. The van der Waals surface area contributed by atoms with Crippen LogP contribution in [0.4, 0.5) is 0 Å². The summed E-state index contributed by atoms with van der Waals surface area (Å²) in [6.45, 7) is 0.641. The number of pyridine rings is 1. The van der Waals surface area contributed by atoms with Crippen LogP contribution in [-0.2, 0) is 0 Å². The van der Waals surface area contributed by atoms with Crippen LogP contribution in [0.25, 0.3) is 0 Å². The van der Waals surface area contributed by atoms with Gasteiger partial charge in [0.15, 0.2) is 0 Å². The molecule has 0 aliphatic heterocycles. The van der Waals surface area contributed by atoms with E-state index in [4.69, 9.17) is 11.6 Å². The van der Waals surface area contributed by atoms with Gasteiger partial charge in [0.2, 0.25) is 0 Å². The van der Waals surface area contributed by atoms with Gasteiger partial charge in [0, 0.05) is 22.8 Å². The minimum absolute atomic E-state index is 0.0988. The zero-order valence-electron chi connectivity index (χ0n) is 11.0. The van der Waals surface area contributed by atoms with E-state index in [-0.39, 0.29) is 16.6 Å². The number of carbonyl (C=O) groups excluding carboxylic acids is 1. The molecule has 1 heterocycles. The van der Waals surface area contributed by atoms with Gasteiger partial charge in [0.1, 0.15) is 5.15 Å². The van der Waals surface area contributed by atoms with Crippen molar-refractivity contribution in [1.29, 1.82) is 0 Å². The fraction of sp³-hybridized carbons (Fsp3) is 0.538. The summed E-state index contributed by atoms with van der Waals surface area (Å²) in [5, 5.41) is 3.20. The average Bonchev–Trinajstić information content (AvgIpc) is 2.30. The molecular formula is C13H17BrClN3O. The first-order valence-electron chi connectivity index (χ1n) is 6.21. The highest BCUT2D eigenvalue weighted by Gasteiger charge is 2.39. The number of likely N-dealkylation sites (N-methyl/N-ethyl adjacent to an activating group) is 1. The molecule has 1 aromatic heterocycles. The van der Waals surface area contributed by atoms with Crippen LogP contribution < -0.4 is 5.32 Å². The van der Waals surface area contributed by atoms with Crippen LogP contribution in [0, 0.1) is 0 Å². The Kier molecular flexibility index (Phi) is 4.48. The number of nitrogens with zero attached hydrogens (tertiary/aromatic N) is 2. The Morgan fingerprint density at radius 1 is 1.58 bits per heavy atom. The summed E-state index contributed by atoms with van der Waals surface area (Å²) < 4.78 is 0.744. The minimum atomic E-state index is -0.174. The molecule has 1 saturated carbocycles. The lowest BCUT2D eigenvalue weighted by atomic mass is 9.75. The van der Waals surface area contributed by atoms with E-state index in [1.54, 1.807) is 12.3 Å². The van der Waals surface area contributed by atoms with Crippen molar-refractivity contribution >= 4 is 33.4 Å². The summed E-state index contributed by atoms with van der Waals surface area (Å²) in [5.74, 6) is -0.174. The highest BCUT2D eigenvalue weighted by atomic mass is 79.9. The first-order chi connectivity index (χ1) is 8.94. The van der Waals surface area contributed by atoms with Crippen LogP contribution in [0.5, 0.6) is 0 Å². The maximum atomic E-state index is 12.2. The molecule has 1 N–H and O–H groups in total. The summed E-state index contributed by atoms with van der Waals surface area (Å²) in [4.78, 5) is 18.3. The van der Waals surface area contributed by atoms with E-state index in [1.165, 1.54) is 6.42 Å². The Bertz CT molecular complexity index is 489. The van der Waals surface area contributed by atoms with Gasteiger partial charge in [0.25, 0.3) is 5.91 Å². The zero-order chi connectivity index (χ0) is 14.0. The third-order valence-corrected chi connectivity index (χ3v) is 4.60. The molecule has 4 nitrogen and oxygen atoms in total. The second-order valence-electron chi connectivity index (χ2n) is 5.15. The number of aromatic nitrogens is 1. The predicted octanol–water partition coefficient (Wildman–Crippen LogP) is 2.71. The Morgan fingerprint density at radius 3 is 2.79 bits per heavy atom. The molecule has 1 aliphatic rings. The van der Waals surface area contributed by atoms with Crippen molar-refractivity contribution in [3.05, 3.63) is 27.5 Å². The van der Waals surface area contributed by atoms with Crippen molar-refractivity contribution in [3.8, 4) is 0 Å². The summed E-state index contributed by atoms with van der Waals surface area (Å²) in [5.41, 5.74) is 0.506. The molecule has 6 heteroatoms. The molecule has 1 fully saturated rings. The monoisotopic (exact) mass is 345 g/mol. The maximum absolute atomic E-state index is 12.2. The minimum Gasteiger partial charge on any atom is -0.350 e.